The predicted molar refractivity (Wildman–Crippen MR) is 118 cm³/mol. The van der Waals surface area contributed by atoms with Crippen molar-refractivity contribution in [1.82, 2.24) is 4.90 Å². The molecule has 0 aromatic heterocycles. The van der Waals surface area contributed by atoms with Gasteiger partial charge in [-0.2, -0.15) is 0 Å². The Hall–Kier alpha value is -2.33. The minimum atomic E-state index is 0.00732. The molecule has 1 heterocycles. The second kappa shape index (κ2) is 10.3. The molecule has 5 heteroatoms. The molecule has 0 spiro atoms. The molecule has 2 aromatic carbocycles. The van der Waals surface area contributed by atoms with Crippen LogP contribution in [0.5, 0.6) is 0 Å². The van der Waals surface area contributed by atoms with Crippen LogP contribution in [0.4, 0.5) is 5.69 Å². The molecule has 1 aliphatic heterocycles. The van der Waals surface area contributed by atoms with Crippen LogP contribution in [0.3, 0.4) is 0 Å². The summed E-state index contributed by atoms with van der Waals surface area (Å²) in [5, 5.41) is 2.57. The molecule has 1 aliphatic rings. The van der Waals surface area contributed by atoms with Crippen LogP contribution in [0, 0.1) is 0 Å². The summed E-state index contributed by atoms with van der Waals surface area (Å²) < 4.78 is 0. The zero-order chi connectivity index (χ0) is 19.8. The third kappa shape index (κ3) is 5.14. The molecule has 1 fully saturated rings. The van der Waals surface area contributed by atoms with Crippen molar-refractivity contribution in [2.24, 2.45) is 4.99 Å². The van der Waals surface area contributed by atoms with E-state index in [-0.39, 0.29) is 18.1 Å². The number of hydrogen-bond acceptors (Lipinski definition) is 4. The molecular weight excluding hydrogens is 366 g/mol. The predicted octanol–water partition coefficient (Wildman–Crippen LogP) is 4.57. The van der Waals surface area contributed by atoms with Crippen LogP contribution in [-0.2, 0) is 11.2 Å². The van der Waals surface area contributed by atoms with E-state index in [1.54, 1.807) is 0 Å². The summed E-state index contributed by atoms with van der Waals surface area (Å²) in [4.78, 5) is 21.4. The van der Waals surface area contributed by atoms with E-state index in [4.69, 9.17) is 12.2 Å². The van der Waals surface area contributed by atoms with Crippen LogP contribution in [0.1, 0.15) is 31.7 Å². The molecule has 1 saturated heterocycles. The lowest BCUT2D eigenvalue weighted by molar-refractivity contribution is -0.119. The van der Waals surface area contributed by atoms with Crippen LogP contribution in [0.15, 0.2) is 65.7 Å². The lowest BCUT2D eigenvalue weighted by atomic mass is 10.00. The van der Waals surface area contributed by atoms with Gasteiger partial charge in [0.05, 0.1) is 5.16 Å². The van der Waals surface area contributed by atoms with Crippen molar-refractivity contribution >= 4 is 29.0 Å². The number of likely N-dealkylation sites (tertiary alicyclic amines) is 1. The first kappa shape index (κ1) is 20.4. The van der Waals surface area contributed by atoms with Crippen molar-refractivity contribution in [3.8, 4) is 0 Å². The zero-order valence-corrected chi connectivity index (χ0v) is 17.1. The zero-order valence-electron chi connectivity index (χ0n) is 16.3. The highest BCUT2D eigenvalue weighted by Crippen LogP contribution is 2.26. The molecule has 0 saturated carbocycles. The fourth-order valence-electron chi connectivity index (χ4n) is 3.90. The summed E-state index contributed by atoms with van der Waals surface area (Å²) in [7, 11) is 0. The average molecular weight is 394 g/mol. The number of nitrogens with zero attached hydrogens (tertiary/aromatic N) is 3. The molecule has 2 aromatic rings. The maximum absolute atomic E-state index is 12.6. The number of isothiocyanates is 1. The Morgan fingerprint density at radius 1 is 1.14 bits per heavy atom. The van der Waals surface area contributed by atoms with E-state index in [2.05, 4.69) is 27.2 Å². The van der Waals surface area contributed by atoms with Gasteiger partial charge in [-0.25, -0.2) is 4.99 Å². The van der Waals surface area contributed by atoms with E-state index in [0.717, 1.165) is 38.0 Å². The number of carbonyl (C=O) groups excluding carboxylic acids is 1. The van der Waals surface area contributed by atoms with E-state index in [9.17, 15) is 4.79 Å². The van der Waals surface area contributed by atoms with E-state index in [1.165, 1.54) is 5.56 Å². The van der Waals surface area contributed by atoms with Gasteiger partial charge >= 0.3 is 0 Å². The molecule has 4 nitrogen and oxygen atoms in total. The highest BCUT2D eigenvalue weighted by molar-refractivity contribution is 7.78. The van der Waals surface area contributed by atoms with Crippen LogP contribution in [-0.4, -0.2) is 41.3 Å². The van der Waals surface area contributed by atoms with Gasteiger partial charge in [0.25, 0.3) is 0 Å². The second-order valence-electron chi connectivity index (χ2n) is 7.11. The van der Waals surface area contributed by atoms with Crippen molar-refractivity contribution in [3.63, 3.8) is 0 Å². The average Bonchev–Trinajstić information content (AvgIpc) is 2.75. The summed E-state index contributed by atoms with van der Waals surface area (Å²) in [5.74, 6) is 0.183. The molecule has 1 atom stereocenters. The Kier molecular flexibility index (Phi) is 7.49. The van der Waals surface area contributed by atoms with Crippen molar-refractivity contribution in [2.75, 3.05) is 18.0 Å². The van der Waals surface area contributed by atoms with Gasteiger partial charge in [-0.3, -0.25) is 9.69 Å². The first-order chi connectivity index (χ1) is 13.7. The molecule has 0 radical (unpaired) electrons. The Balaban J connectivity index is 1.69. The van der Waals surface area contributed by atoms with Gasteiger partial charge in [0, 0.05) is 37.7 Å². The van der Waals surface area contributed by atoms with Gasteiger partial charge < -0.3 is 4.90 Å². The summed E-state index contributed by atoms with van der Waals surface area (Å²) in [5.41, 5.74) is 2.24. The van der Waals surface area contributed by atoms with Crippen LogP contribution in [0.2, 0.25) is 0 Å². The van der Waals surface area contributed by atoms with Gasteiger partial charge in [-0.15, -0.1) is 0 Å². The largest absolute Gasteiger partial charge is 0.309 e. The first-order valence-corrected chi connectivity index (χ1v) is 10.4. The lowest BCUT2D eigenvalue weighted by Crippen LogP contribution is -2.50. The van der Waals surface area contributed by atoms with Gasteiger partial charge in [-0.05, 0) is 42.8 Å². The summed E-state index contributed by atoms with van der Waals surface area (Å²) in [6.07, 6.45) is 3.21. The normalized spacial score (nSPS) is 16.2. The fourth-order valence-corrected chi connectivity index (χ4v) is 4.02. The van der Waals surface area contributed by atoms with Crippen molar-refractivity contribution in [3.05, 3.63) is 66.2 Å². The first-order valence-electron chi connectivity index (χ1n) is 9.95. The van der Waals surface area contributed by atoms with Crippen LogP contribution in [0.25, 0.3) is 0 Å². The van der Waals surface area contributed by atoms with E-state index >= 15 is 0 Å². The highest BCUT2D eigenvalue weighted by atomic mass is 32.1. The van der Waals surface area contributed by atoms with Gasteiger partial charge in [-0.1, -0.05) is 55.5 Å². The molecule has 146 valence electrons. The van der Waals surface area contributed by atoms with Crippen molar-refractivity contribution in [1.29, 1.82) is 0 Å². The Bertz CT molecular complexity index is 797. The van der Waals surface area contributed by atoms with Gasteiger partial charge in [0.15, 0.2) is 0 Å². The monoisotopic (exact) mass is 393 g/mol. The molecule has 0 bridgehead atoms. The van der Waals surface area contributed by atoms with Gasteiger partial charge in [0.1, 0.15) is 6.17 Å². The molecule has 1 amide bonds. The minimum Gasteiger partial charge on any atom is -0.309 e. The third-order valence-corrected chi connectivity index (χ3v) is 5.46. The number of para-hydroxylation sites is 1. The van der Waals surface area contributed by atoms with E-state index < -0.39 is 0 Å². The topological polar surface area (TPSA) is 35.9 Å². The number of aliphatic imine (C=N–C) groups is 1. The SMILES string of the molecule is CCC(=O)N(c1ccccc1)C1CCN(C(Cc2ccccc2)N=C=S)CC1. The quantitative estimate of drug-likeness (QED) is 0.511. The maximum Gasteiger partial charge on any atom is 0.226 e. The number of amides is 1. The molecule has 1 unspecified atom stereocenters. The molecular formula is C23H27N3OS. The molecule has 0 aliphatic carbocycles. The van der Waals surface area contributed by atoms with E-state index in [0.29, 0.717) is 6.42 Å². The highest BCUT2D eigenvalue weighted by Gasteiger charge is 2.30. The number of thiocarbonyl (C=S) groups is 1. The van der Waals surface area contributed by atoms with Crippen molar-refractivity contribution < 1.29 is 4.79 Å². The fraction of sp³-hybridized carbons (Fsp3) is 0.391. The van der Waals surface area contributed by atoms with Crippen LogP contribution >= 0.6 is 12.2 Å². The number of hydrogen-bond donors (Lipinski definition) is 0. The standard InChI is InChI=1S/C23H27N3OS/c1-2-23(27)26(20-11-7-4-8-12-20)21-13-15-25(16-14-21)22(24-18-28)17-19-9-5-3-6-10-19/h3-12,21-22H,2,13-17H2,1H3. The third-order valence-electron chi connectivity index (χ3n) is 5.35. The van der Waals surface area contributed by atoms with E-state index in [1.807, 2.05) is 60.4 Å². The number of carbonyl (C=O) groups is 1. The number of rotatable bonds is 7. The van der Waals surface area contributed by atoms with Crippen LogP contribution < -0.4 is 4.90 Å². The number of anilines is 1. The number of piperidine rings is 1. The second-order valence-corrected chi connectivity index (χ2v) is 7.29. The van der Waals surface area contributed by atoms with Crippen molar-refractivity contribution in [2.45, 2.75) is 44.8 Å². The maximum atomic E-state index is 12.6. The Morgan fingerprint density at radius 3 is 2.32 bits per heavy atom. The molecule has 0 N–H and O–H groups in total. The summed E-state index contributed by atoms with van der Waals surface area (Å²) >= 11 is 4.90. The van der Waals surface area contributed by atoms with Gasteiger partial charge in [0.2, 0.25) is 5.91 Å². The smallest absolute Gasteiger partial charge is 0.226 e. The minimum absolute atomic E-state index is 0.00732. The Morgan fingerprint density at radius 2 is 1.75 bits per heavy atom. The summed E-state index contributed by atoms with van der Waals surface area (Å²) in [6, 6.07) is 20.6. The Labute approximate surface area is 172 Å². The number of benzene rings is 2. The lowest BCUT2D eigenvalue weighted by Gasteiger charge is -2.40. The summed E-state index contributed by atoms with van der Waals surface area (Å²) in [6.45, 7) is 3.71. The molecule has 3 rings (SSSR count). The molecule has 28 heavy (non-hydrogen) atoms.